The standard InChI is InChI=1S/C20H18FN3O3/c1-12-7-18(13(2)24(12)17-5-3-15(21)4-6-17)19(25)11-27-20(26)14-8-16(22)10-23-9-14/h3-10H,11,22H2,1-2H3. The van der Waals surface area contributed by atoms with Crippen LogP contribution in [0.3, 0.4) is 0 Å². The fraction of sp³-hybridized carbons (Fsp3) is 0.150. The Morgan fingerprint density at radius 2 is 1.85 bits per heavy atom. The van der Waals surface area contributed by atoms with E-state index < -0.39 is 12.6 Å². The number of aryl methyl sites for hydroxylation is 1. The highest BCUT2D eigenvalue weighted by Gasteiger charge is 2.19. The molecule has 1 aromatic carbocycles. The summed E-state index contributed by atoms with van der Waals surface area (Å²) in [6.45, 7) is 3.23. The molecular formula is C20H18FN3O3. The molecule has 0 bridgehead atoms. The lowest BCUT2D eigenvalue weighted by Crippen LogP contribution is -2.15. The number of nitrogens with two attached hydrogens (primary N) is 1. The van der Waals surface area contributed by atoms with Gasteiger partial charge in [-0.3, -0.25) is 9.78 Å². The van der Waals surface area contributed by atoms with E-state index in [0.717, 1.165) is 11.4 Å². The van der Waals surface area contributed by atoms with Crippen LogP contribution in [-0.4, -0.2) is 27.9 Å². The van der Waals surface area contributed by atoms with Gasteiger partial charge in [-0.2, -0.15) is 0 Å². The van der Waals surface area contributed by atoms with Crippen molar-refractivity contribution in [3.8, 4) is 5.69 Å². The molecule has 0 atom stereocenters. The van der Waals surface area contributed by atoms with Crippen molar-refractivity contribution in [3.63, 3.8) is 0 Å². The number of nitrogens with zero attached hydrogens (tertiary/aromatic N) is 2. The van der Waals surface area contributed by atoms with Crippen LogP contribution in [0.25, 0.3) is 5.69 Å². The van der Waals surface area contributed by atoms with Gasteiger partial charge in [-0.25, -0.2) is 9.18 Å². The SMILES string of the molecule is Cc1cc(C(=O)COC(=O)c2cncc(N)c2)c(C)n1-c1ccc(F)cc1. The lowest BCUT2D eigenvalue weighted by Gasteiger charge is -2.10. The molecule has 3 aromatic rings. The van der Waals surface area contributed by atoms with Crippen LogP contribution in [0.4, 0.5) is 10.1 Å². The summed E-state index contributed by atoms with van der Waals surface area (Å²) in [5, 5.41) is 0. The molecule has 0 aliphatic rings. The molecule has 7 heteroatoms. The van der Waals surface area contributed by atoms with Crippen molar-refractivity contribution in [2.24, 2.45) is 0 Å². The van der Waals surface area contributed by atoms with Gasteiger partial charge in [0.25, 0.3) is 0 Å². The van der Waals surface area contributed by atoms with E-state index in [1.165, 1.54) is 30.6 Å². The number of benzene rings is 1. The lowest BCUT2D eigenvalue weighted by molar-refractivity contribution is 0.0474. The zero-order valence-electron chi connectivity index (χ0n) is 14.9. The van der Waals surface area contributed by atoms with Gasteiger partial charge >= 0.3 is 5.97 Å². The van der Waals surface area contributed by atoms with Gasteiger partial charge in [0, 0.05) is 35.0 Å². The zero-order chi connectivity index (χ0) is 19.6. The van der Waals surface area contributed by atoms with E-state index in [4.69, 9.17) is 10.5 Å². The highest BCUT2D eigenvalue weighted by Crippen LogP contribution is 2.21. The number of carbonyl (C=O) groups excluding carboxylic acids is 2. The molecule has 0 aliphatic heterocycles. The first kappa shape index (κ1) is 18.3. The van der Waals surface area contributed by atoms with Gasteiger partial charge in [-0.15, -0.1) is 0 Å². The number of pyridine rings is 1. The topological polar surface area (TPSA) is 87.2 Å². The first-order chi connectivity index (χ1) is 12.9. The maximum atomic E-state index is 13.2. The Kier molecular flexibility index (Phi) is 5.03. The lowest BCUT2D eigenvalue weighted by atomic mass is 10.1. The Hall–Kier alpha value is -3.48. The summed E-state index contributed by atoms with van der Waals surface area (Å²) >= 11 is 0. The summed E-state index contributed by atoms with van der Waals surface area (Å²) in [5.74, 6) is -1.34. The van der Waals surface area contributed by atoms with Crippen LogP contribution < -0.4 is 5.73 Å². The summed E-state index contributed by atoms with van der Waals surface area (Å²) in [5.41, 5.74) is 8.78. The van der Waals surface area contributed by atoms with E-state index in [1.807, 2.05) is 11.5 Å². The fourth-order valence-corrected chi connectivity index (χ4v) is 2.89. The normalized spacial score (nSPS) is 10.6. The van der Waals surface area contributed by atoms with Crippen molar-refractivity contribution in [3.05, 3.63) is 77.1 Å². The molecule has 0 unspecified atom stereocenters. The van der Waals surface area contributed by atoms with Gasteiger partial charge in [0.15, 0.2) is 6.61 Å². The molecule has 0 saturated heterocycles. The molecule has 0 fully saturated rings. The van der Waals surface area contributed by atoms with Crippen LogP contribution in [0.1, 0.15) is 32.1 Å². The van der Waals surface area contributed by atoms with Crippen molar-refractivity contribution >= 4 is 17.4 Å². The van der Waals surface area contributed by atoms with E-state index in [-0.39, 0.29) is 17.2 Å². The zero-order valence-corrected chi connectivity index (χ0v) is 14.9. The molecule has 0 amide bonds. The van der Waals surface area contributed by atoms with Gasteiger partial charge in [0.2, 0.25) is 5.78 Å². The summed E-state index contributed by atoms with van der Waals surface area (Å²) in [6.07, 6.45) is 2.73. The van der Waals surface area contributed by atoms with Crippen molar-refractivity contribution in [1.29, 1.82) is 0 Å². The molecule has 3 rings (SSSR count). The summed E-state index contributed by atoms with van der Waals surface area (Å²) < 4.78 is 20.1. The van der Waals surface area contributed by atoms with E-state index >= 15 is 0 Å². The second-order valence-corrected chi connectivity index (χ2v) is 6.10. The molecule has 2 heterocycles. The predicted octanol–water partition coefficient (Wildman–Crippen LogP) is 3.25. The van der Waals surface area contributed by atoms with Crippen LogP contribution >= 0.6 is 0 Å². The molecular weight excluding hydrogens is 349 g/mol. The number of esters is 1. The Morgan fingerprint density at radius 3 is 2.52 bits per heavy atom. The average Bonchev–Trinajstić information content (AvgIpc) is 2.94. The first-order valence-corrected chi connectivity index (χ1v) is 8.22. The number of hydrogen-bond donors (Lipinski definition) is 1. The number of carbonyl (C=O) groups is 2. The van der Waals surface area contributed by atoms with E-state index in [1.54, 1.807) is 25.1 Å². The maximum Gasteiger partial charge on any atom is 0.340 e. The number of rotatable bonds is 5. The largest absolute Gasteiger partial charge is 0.454 e. The molecule has 6 nitrogen and oxygen atoms in total. The van der Waals surface area contributed by atoms with Crippen LogP contribution in [0, 0.1) is 19.7 Å². The average molecular weight is 367 g/mol. The van der Waals surface area contributed by atoms with Crippen molar-refractivity contribution < 1.29 is 18.7 Å². The van der Waals surface area contributed by atoms with Crippen molar-refractivity contribution in [2.45, 2.75) is 13.8 Å². The number of Topliss-reactive ketones (excluding diaryl/α,β-unsaturated/α-hetero) is 1. The third kappa shape index (κ3) is 3.87. The first-order valence-electron chi connectivity index (χ1n) is 8.22. The quantitative estimate of drug-likeness (QED) is 0.552. The van der Waals surface area contributed by atoms with E-state index in [2.05, 4.69) is 4.98 Å². The molecule has 2 aromatic heterocycles. The number of hydrogen-bond acceptors (Lipinski definition) is 5. The molecule has 2 N–H and O–H groups in total. The Morgan fingerprint density at radius 1 is 1.15 bits per heavy atom. The molecule has 138 valence electrons. The fourth-order valence-electron chi connectivity index (χ4n) is 2.89. The monoisotopic (exact) mass is 367 g/mol. The number of nitrogen functional groups attached to an aromatic ring is 1. The highest BCUT2D eigenvalue weighted by atomic mass is 19.1. The number of anilines is 1. The van der Waals surface area contributed by atoms with Gasteiger partial charge in [0.05, 0.1) is 11.3 Å². The molecule has 0 radical (unpaired) electrons. The minimum atomic E-state index is -0.671. The Bertz CT molecular complexity index is 1010. The van der Waals surface area contributed by atoms with Crippen molar-refractivity contribution in [1.82, 2.24) is 9.55 Å². The van der Waals surface area contributed by atoms with Crippen molar-refractivity contribution in [2.75, 3.05) is 12.3 Å². The number of halogens is 1. The Labute approximate surface area is 155 Å². The number of ether oxygens (including phenoxy) is 1. The van der Waals surface area contributed by atoms with Crippen LogP contribution in [0.5, 0.6) is 0 Å². The van der Waals surface area contributed by atoms with Gasteiger partial charge in [-0.05, 0) is 50.2 Å². The second kappa shape index (κ2) is 7.41. The minimum Gasteiger partial charge on any atom is -0.454 e. The van der Waals surface area contributed by atoms with Crippen LogP contribution in [0.2, 0.25) is 0 Å². The van der Waals surface area contributed by atoms with Gasteiger partial charge in [-0.1, -0.05) is 0 Å². The predicted molar refractivity (Wildman–Crippen MR) is 98.5 cm³/mol. The molecule has 27 heavy (non-hydrogen) atoms. The smallest absolute Gasteiger partial charge is 0.340 e. The Balaban J connectivity index is 1.76. The van der Waals surface area contributed by atoms with E-state index in [9.17, 15) is 14.0 Å². The minimum absolute atomic E-state index is 0.180. The highest BCUT2D eigenvalue weighted by molar-refractivity contribution is 6.00. The molecule has 0 aliphatic carbocycles. The third-order valence-corrected chi connectivity index (χ3v) is 4.15. The van der Waals surface area contributed by atoms with Crippen LogP contribution in [-0.2, 0) is 4.74 Å². The van der Waals surface area contributed by atoms with E-state index in [0.29, 0.717) is 16.9 Å². The third-order valence-electron chi connectivity index (χ3n) is 4.15. The molecule has 0 spiro atoms. The number of ketones is 1. The van der Waals surface area contributed by atoms with Crippen LogP contribution in [0.15, 0.2) is 48.8 Å². The molecule has 0 saturated carbocycles. The summed E-state index contributed by atoms with van der Waals surface area (Å²) in [4.78, 5) is 28.4. The summed E-state index contributed by atoms with van der Waals surface area (Å²) in [7, 11) is 0. The second-order valence-electron chi connectivity index (χ2n) is 6.10. The summed E-state index contributed by atoms with van der Waals surface area (Å²) in [6, 6.07) is 9.14. The number of aromatic nitrogens is 2. The van der Waals surface area contributed by atoms with Gasteiger partial charge < -0.3 is 15.0 Å². The van der Waals surface area contributed by atoms with Gasteiger partial charge in [0.1, 0.15) is 5.82 Å². The maximum absolute atomic E-state index is 13.2.